The highest BCUT2D eigenvalue weighted by atomic mass is 16.5. The summed E-state index contributed by atoms with van der Waals surface area (Å²) in [5.41, 5.74) is 0.721. The van der Waals surface area contributed by atoms with Gasteiger partial charge in [-0.1, -0.05) is 0 Å². The number of piperidine rings is 1. The fraction of sp³-hybridized carbons (Fsp3) is 0.667. The highest BCUT2D eigenvalue weighted by Gasteiger charge is 2.44. The summed E-state index contributed by atoms with van der Waals surface area (Å²) in [5, 5.41) is 2.96. The van der Waals surface area contributed by atoms with Gasteiger partial charge in [-0.3, -0.25) is 4.79 Å². The lowest BCUT2D eigenvalue weighted by Gasteiger charge is -2.28. The zero-order chi connectivity index (χ0) is 16.5. The minimum absolute atomic E-state index is 0.0149. The van der Waals surface area contributed by atoms with E-state index in [0.717, 1.165) is 50.9 Å². The Balaban J connectivity index is 1.30. The molecule has 1 amide bonds. The summed E-state index contributed by atoms with van der Waals surface area (Å²) in [6, 6.07) is 3.70. The fourth-order valence-electron chi connectivity index (χ4n) is 3.95. The van der Waals surface area contributed by atoms with Gasteiger partial charge in [0, 0.05) is 19.2 Å². The topological polar surface area (TPSA) is 63.7 Å². The van der Waals surface area contributed by atoms with Crippen LogP contribution in [-0.4, -0.2) is 54.2 Å². The number of carbonyl (C=O) groups excluding carboxylic acids is 1. The summed E-state index contributed by atoms with van der Waals surface area (Å²) >= 11 is 0. The molecule has 0 spiro atoms. The molecule has 4 rings (SSSR count). The molecule has 1 N–H and O–H groups in total. The van der Waals surface area contributed by atoms with E-state index in [1.165, 1.54) is 0 Å². The number of nitrogens with one attached hydrogen (secondary N) is 1. The number of amides is 1. The highest BCUT2D eigenvalue weighted by Crippen LogP contribution is 2.39. The number of ether oxygens (including phenoxy) is 2. The lowest BCUT2D eigenvalue weighted by atomic mass is 9.88. The average molecular weight is 331 g/mol. The van der Waals surface area contributed by atoms with E-state index >= 15 is 0 Å². The van der Waals surface area contributed by atoms with Gasteiger partial charge in [0.1, 0.15) is 6.10 Å². The molecule has 1 aromatic heterocycles. The zero-order valence-electron chi connectivity index (χ0n) is 14.1. The molecule has 3 aliphatic heterocycles. The van der Waals surface area contributed by atoms with E-state index in [4.69, 9.17) is 9.47 Å². The van der Waals surface area contributed by atoms with Crippen LogP contribution in [0.1, 0.15) is 32.1 Å². The first kappa shape index (κ1) is 15.8. The lowest BCUT2D eigenvalue weighted by Crippen LogP contribution is -2.35. The standard InChI is InChI=1S/C18H25N3O3/c1-21-8-6-13(7-9-21)24-17-5-2-12(11-19-17)20-18(22)15-10-14-3-4-16(15)23-14/h2,5,11,13-16H,3-4,6-10H2,1H3,(H,20,22). The average Bonchev–Trinajstić information content (AvgIpc) is 3.22. The van der Waals surface area contributed by atoms with Crippen LogP contribution in [0.3, 0.4) is 0 Å². The maximum Gasteiger partial charge on any atom is 0.230 e. The van der Waals surface area contributed by atoms with Crippen LogP contribution >= 0.6 is 0 Å². The lowest BCUT2D eigenvalue weighted by molar-refractivity contribution is -0.121. The molecule has 24 heavy (non-hydrogen) atoms. The van der Waals surface area contributed by atoms with Crippen molar-refractivity contribution in [2.24, 2.45) is 5.92 Å². The zero-order valence-corrected chi connectivity index (χ0v) is 14.1. The predicted octanol–water partition coefficient (Wildman–Crippen LogP) is 2.06. The Morgan fingerprint density at radius 2 is 2.12 bits per heavy atom. The Morgan fingerprint density at radius 1 is 1.29 bits per heavy atom. The minimum Gasteiger partial charge on any atom is -0.474 e. The number of nitrogens with zero attached hydrogens (tertiary/aromatic N) is 2. The SMILES string of the molecule is CN1CCC(Oc2ccc(NC(=O)C3CC4CCC3O4)cn2)CC1. The van der Waals surface area contributed by atoms with Gasteiger partial charge in [0.15, 0.2) is 0 Å². The molecule has 2 bridgehead atoms. The van der Waals surface area contributed by atoms with E-state index in [9.17, 15) is 4.79 Å². The first-order valence-corrected chi connectivity index (χ1v) is 8.95. The Kier molecular flexibility index (Phi) is 4.41. The van der Waals surface area contributed by atoms with E-state index in [-0.39, 0.29) is 30.1 Å². The molecular weight excluding hydrogens is 306 g/mol. The maximum atomic E-state index is 12.4. The largest absolute Gasteiger partial charge is 0.474 e. The second-order valence-electron chi connectivity index (χ2n) is 7.21. The van der Waals surface area contributed by atoms with Crippen molar-refractivity contribution >= 4 is 11.6 Å². The van der Waals surface area contributed by atoms with E-state index in [2.05, 4.69) is 22.2 Å². The van der Waals surface area contributed by atoms with Crippen LogP contribution in [0.4, 0.5) is 5.69 Å². The summed E-state index contributed by atoms with van der Waals surface area (Å²) in [5.74, 6) is 0.665. The molecule has 130 valence electrons. The van der Waals surface area contributed by atoms with Gasteiger partial charge >= 0.3 is 0 Å². The summed E-state index contributed by atoms with van der Waals surface area (Å²) < 4.78 is 11.7. The van der Waals surface area contributed by atoms with Crippen molar-refractivity contribution in [1.82, 2.24) is 9.88 Å². The summed E-state index contributed by atoms with van der Waals surface area (Å²) in [7, 11) is 2.13. The molecule has 0 aromatic carbocycles. The van der Waals surface area contributed by atoms with E-state index in [1.807, 2.05) is 12.1 Å². The number of hydrogen-bond acceptors (Lipinski definition) is 5. The number of fused-ring (bicyclic) bond motifs is 2. The van der Waals surface area contributed by atoms with Crippen LogP contribution in [0.2, 0.25) is 0 Å². The van der Waals surface area contributed by atoms with Crippen molar-refractivity contribution in [2.45, 2.75) is 50.4 Å². The third kappa shape index (κ3) is 3.39. The highest BCUT2D eigenvalue weighted by molar-refractivity contribution is 5.93. The van der Waals surface area contributed by atoms with Gasteiger partial charge in [0.05, 0.1) is 30.0 Å². The summed E-state index contributed by atoms with van der Waals surface area (Å²) in [6.45, 7) is 2.12. The van der Waals surface area contributed by atoms with Gasteiger partial charge in [-0.2, -0.15) is 0 Å². The molecular formula is C18H25N3O3. The monoisotopic (exact) mass is 331 g/mol. The molecule has 6 nitrogen and oxygen atoms in total. The van der Waals surface area contributed by atoms with Gasteiger partial charge in [-0.15, -0.1) is 0 Å². The molecule has 3 fully saturated rings. The molecule has 1 aromatic rings. The van der Waals surface area contributed by atoms with Gasteiger partial charge in [0.2, 0.25) is 11.8 Å². The Bertz CT molecular complexity index is 584. The molecule has 3 saturated heterocycles. The third-order valence-corrected chi connectivity index (χ3v) is 5.40. The molecule has 3 unspecified atom stereocenters. The third-order valence-electron chi connectivity index (χ3n) is 5.40. The number of rotatable bonds is 4. The minimum atomic E-state index is -0.0149. The molecule has 3 atom stereocenters. The number of likely N-dealkylation sites (tertiary alicyclic amines) is 1. The van der Waals surface area contributed by atoms with Gasteiger partial charge in [-0.25, -0.2) is 4.98 Å². The smallest absolute Gasteiger partial charge is 0.230 e. The van der Waals surface area contributed by atoms with Crippen molar-refractivity contribution in [2.75, 3.05) is 25.5 Å². The second kappa shape index (κ2) is 6.69. The number of carbonyl (C=O) groups is 1. The summed E-state index contributed by atoms with van der Waals surface area (Å²) in [4.78, 5) is 19.0. The fourth-order valence-corrected chi connectivity index (χ4v) is 3.95. The summed E-state index contributed by atoms with van der Waals surface area (Å²) in [6.07, 6.45) is 7.31. The number of pyridine rings is 1. The van der Waals surface area contributed by atoms with Crippen molar-refractivity contribution in [3.05, 3.63) is 18.3 Å². The first-order chi connectivity index (χ1) is 11.7. The molecule has 0 aliphatic carbocycles. The van der Waals surface area contributed by atoms with Crippen molar-refractivity contribution < 1.29 is 14.3 Å². The quantitative estimate of drug-likeness (QED) is 0.915. The Labute approximate surface area is 142 Å². The van der Waals surface area contributed by atoms with E-state index in [1.54, 1.807) is 6.20 Å². The molecule has 4 heterocycles. The van der Waals surface area contributed by atoms with Crippen molar-refractivity contribution in [3.63, 3.8) is 0 Å². The van der Waals surface area contributed by atoms with E-state index < -0.39 is 0 Å². The molecule has 3 aliphatic rings. The Morgan fingerprint density at radius 3 is 2.75 bits per heavy atom. The predicted molar refractivity (Wildman–Crippen MR) is 90.0 cm³/mol. The van der Waals surface area contributed by atoms with Crippen LogP contribution in [0, 0.1) is 5.92 Å². The van der Waals surface area contributed by atoms with Crippen LogP contribution in [-0.2, 0) is 9.53 Å². The van der Waals surface area contributed by atoms with Crippen LogP contribution in [0.5, 0.6) is 5.88 Å². The van der Waals surface area contributed by atoms with Crippen molar-refractivity contribution in [3.8, 4) is 5.88 Å². The second-order valence-corrected chi connectivity index (χ2v) is 7.21. The molecule has 6 heteroatoms. The van der Waals surface area contributed by atoms with Gasteiger partial charge in [-0.05, 0) is 45.2 Å². The van der Waals surface area contributed by atoms with Crippen LogP contribution in [0.25, 0.3) is 0 Å². The van der Waals surface area contributed by atoms with Crippen LogP contribution < -0.4 is 10.1 Å². The van der Waals surface area contributed by atoms with Crippen LogP contribution in [0.15, 0.2) is 18.3 Å². The van der Waals surface area contributed by atoms with Gasteiger partial charge in [0.25, 0.3) is 0 Å². The van der Waals surface area contributed by atoms with E-state index in [0.29, 0.717) is 5.88 Å². The molecule has 0 saturated carbocycles. The first-order valence-electron chi connectivity index (χ1n) is 8.95. The number of anilines is 1. The molecule has 0 radical (unpaired) electrons. The number of aromatic nitrogens is 1. The van der Waals surface area contributed by atoms with Gasteiger partial charge < -0.3 is 19.7 Å². The Hall–Kier alpha value is -1.66. The number of hydrogen-bond donors (Lipinski definition) is 1. The van der Waals surface area contributed by atoms with Crippen molar-refractivity contribution in [1.29, 1.82) is 0 Å². The normalized spacial score (nSPS) is 30.5. The maximum absolute atomic E-state index is 12.4.